The summed E-state index contributed by atoms with van der Waals surface area (Å²) >= 11 is 0. The van der Waals surface area contributed by atoms with Crippen molar-refractivity contribution in [3.8, 4) is 0 Å². The van der Waals surface area contributed by atoms with E-state index in [0.29, 0.717) is 6.42 Å². The lowest BCUT2D eigenvalue weighted by Gasteiger charge is -2.33. The number of fused-ring (bicyclic) bond motifs is 1. The summed E-state index contributed by atoms with van der Waals surface area (Å²) in [6, 6.07) is 1.20. The fourth-order valence-electron chi connectivity index (χ4n) is 8.82. The van der Waals surface area contributed by atoms with Crippen molar-refractivity contribution in [2.75, 3.05) is 53.9 Å². The Balaban J connectivity index is 1.33. The van der Waals surface area contributed by atoms with Gasteiger partial charge in [0.25, 0.3) is 18.9 Å². The number of anilines is 1. The molecule has 2 aliphatic heterocycles. The van der Waals surface area contributed by atoms with Crippen molar-refractivity contribution in [1.82, 2.24) is 34.0 Å². The molecule has 64 heavy (non-hydrogen) atoms. The molecule has 3 aromatic heterocycles. The number of unbranched alkanes of at least 4 members (excludes halogenated alkanes) is 14. The zero-order valence-electron chi connectivity index (χ0n) is 37.9. The molecule has 5 heterocycles. The first kappa shape index (κ1) is 51.2. The second-order valence-corrected chi connectivity index (χ2v) is 18.1. The average molecular weight is 924 g/mol. The summed E-state index contributed by atoms with van der Waals surface area (Å²) in [5.41, 5.74) is 4.02. The normalized spacial score (nSPS) is 24.4. The number of aromatic nitrogens is 6. The molecule has 5 rings (SSSR count). The second-order valence-electron chi connectivity index (χ2n) is 16.6. The van der Waals surface area contributed by atoms with Crippen LogP contribution in [0, 0.1) is 5.92 Å². The molecule has 0 saturated carbocycles. The molecule has 2 saturated heterocycles. The highest BCUT2D eigenvalue weighted by atomic mass is 31.2. The van der Waals surface area contributed by atoms with Gasteiger partial charge < -0.3 is 48.3 Å². The molecule has 3 aromatic rings. The number of hydrogen-bond donors (Lipinski definition) is 3. The molecular formula is C42H68N8O13P-. The number of imidazole rings is 1. The summed E-state index contributed by atoms with van der Waals surface area (Å²) in [6.07, 6.45) is 12.8. The van der Waals surface area contributed by atoms with E-state index in [2.05, 4.69) is 26.9 Å². The highest BCUT2D eigenvalue weighted by molar-refractivity contribution is 7.45. The number of nitrogens with two attached hydrogens (primary N) is 1. The topological polar surface area (TPSA) is 270 Å². The summed E-state index contributed by atoms with van der Waals surface area (Å²) in [5, 5.41) is 0. The SMILES string of the molecule is CCCCCCCCCCCCCCCCCN(C[C@H]1O[C@@H](n2cnc3c(=O)[nH]c(N)nc32)C(OC)C1OP(=O)([O-])OC)C(=O)CC1C(OC)[C@H](n2ccc(=O)[nH]c2=O)O[C@@H]1COC. The van der Waals surface area contributed by atoms with Crippen LogP contribution in [-0.4, -0.2) is 119 Å². The number of phosphoric ester groups is 1. The second kappa shape index (κ2) is 25.2. The molecule has 0 aliphatic carbocycles. The van der Waals surface area contributed by atoms with Gasteiger partial charge in [0.2, 0.25) is 11.9 Å². The molecule has 4 N–H and O–H groups in total. The molecule has 2 aliphatic rings. The lowest BCUT2D eigenvalue weighted by atomic mass is 9.93. The van der Waals surface area contributed by atoms with Crippen LogP contribution in [-0.2, 0) is 42.1 Å². The average Bonchev–Trinajstić information content (AvgIpc) is 3.94. The van der Waals surface area contributed by atoms with Gasteiger partial charge >= 0.3 is 5.69 Å². The van der Waals surface area contributed by atoms with Crippen molar-refractivity contribution in [2.24, 2.45) is 5.92 Å². The van der Waals surface area contributed by atoms with Gasteiger partial charge in [0.15, 0.2) is 23.6 Å². The number of carbonyl (C=O) groups excluding carboxylic acids is 1. The van der Waals surface area contributed by atoms with Gasteiger partial charge in [0, 0.05) is 66.1 Å². The molecule has 0 bridgehead atoms. The third kappa shape index (κ3) is 13.6. The fourth-order valence-corrected chi connectivity index (χ4v) is 9.46. The maximum absolute atomic E-state index is 14.7. The van der Waals surface area contributed by atoms with Gasteiger partial charge in [-0.1, -0.05) is 96.8 Å². The Labute approximate surface area is 373 Å². The van der Waals surface area contributed by atoms with Gasteiger partial charge in [-0.05, 0) is 6.42 Å². The summed E-state index contributed by atoms with van der Waals surface area (Å²) in [5.74, 6) is -1.13. The van der Waals surface area contributed by atoms with Crippen LogP contribution in [0.15, 0.2) is 33.0 Å². The first-order chi connectivity index (χ1) is 30.9. The van der Waals surface area contributed by atoms with Gasteiger partial charge in [0.05, 0.1) is 19.0 Å². The first-order valence-electron chi connectivity index (χ1n) is 22.6. The Bertz CT molecular complexity index is 2130. The van der Waals surface area contributed by atoms with Crippen molar-refractivity contribution < 1.29 is 47.0 Å². The van der Waals surface area contributed by atoms with Gasteiger partial charge in [-0.2, -0.15) is 4.98 Å². The van der Waals surface area contributed by atoms with E-state index < -0.39 is 73.5 Å². The Morgan fingerprint density at radius 1 is 0.844 bits per heavy atom. The first-order valence-corrected chi connectivity index (χ1v) is 24.0. The number of rotatable bonds is 29. The van der Waals surface area contributed by atoms with E-state index >= 15 is 0 Å². The van der Waals surface area contributed by atoms with Crippen molar-refractivity contribution >= 4 is 30.8 Å². The zero-order chi connectivity index (χ0) is 46.2. The Hall–Kier alpha value is -3.79. The molecule has 360 valence electrons. The van der Waals surface area contributed by atoms with E-state index in [1.165, 1.54) is 113 Å². The molecule has 0 aromatic carbocycles. The number of amides is 1. The highest BCUT2D eigenvalue weighted by Gasteiger charge is 2.51. The van der Waals surface area contributed by atoms with Gasteiger partial charge in [-0.25, -0.2) is 9.78 Å². The molecular weight excluding hydrogens is 855 g/mol. The number of hydrogen-bond acceptors (Lipinski definition) is 16. The van der Waals surface area contributed by atoms with Crippen molar-refractivity contribution in [3.63, 3.8) is 0 Å². The number of carbonyl (C=O) groups is 1. The molecule has 9 atom stereocenters. The van der Waals surface area contributed by atoms with E-state index in [4.69, 9.17) is 38.5 Å². The quantitative estimate of drug-likeness (QED) is 0.0657. The number of phosphoric acid groups is 1. The molecule has 2 fully saturated rings. The molecule has 0 radical (unpaired) electrons. The Morgan fingerprint density at radius 3 is 2.02 bits per heavy atom. The van der Waals surface area contributed by atoms with Crippen molar-refractivity contribution in [1.29, 1.82) is 0 Å². The maximum atomic E-state index is 14.7. The summed E-state index contributed by atoms with van der Waals surface area (Å²) in [7, 11) is 0.332. The zero-order valence-corrected chi connectivity index (χ0v) is 38.7. The van der Waals surface area contributed by atoms with Crippen LogP contribution >= 0.6 is 7.82 Å². The Kier molecular flexibility index (Phi) is 20.2. The van der Waals surface area contributed by atoms with E-state index in [0.717, 1.165) is 32.8 Å². The number of nitrogens with one attached hydrogen (secondary N) is 2. The maximum Gasteiger partial charge on any atom is 0.330 e. The summed E-state index contributed by atoms with van der Waals surface area (Å²) in [6.45, 7) is 2.45. The van der Waals surface area contributed by atoms with Crippen LogP contribution in [0.25, 0.3) is 11.2 Å². The number of nitrogen functional groups attached to an aromatic ring is 1. The molecule has 5 unspecified atom stereocenters. The van der Waals surface area contributed by atoms with Crippen LogP contribution < -0.4 is 27.4 Å². The van der Waals surface area contributed by atoms with Crippen LogP contribution in [0.5, 0.6) is 0 Å². The number of nitrogens with zero attached hydrogens (tertiary/aromatic N) is 5. The van der Waals surface area contributed by atoms with E-state index in [1.807, 2.05) is 0 Å². The van der Waals surface area contributed by atoms with Crippen LogP contribution in [0.4, 0.5) is 5.95 Å². The molecule has 0 spiro atoms. The molecule has 21 nitrogen and oxygen atoms in total. The van der Waals surface area contributed by atoms with Crippen molar-refractivity contribution in [3.05, 3.63) is 49.8 Å². The molecule has 1 amide bonds. The standard InChI is InChI=1S/C42H69N8O13P/c1-6-7-8-9-10-11-12-13-14-15-16-17-18-19-20-22-48(32(52)24-28-30(26-57-2)62-39(34(28)58-3)49-23-21-31(51)45-42(49)54)25-29-35(63-64(55,56)60-5)36(59-4)40(61-29)50-27-44-33-37(50)46-41(43)47-38(33)53/h21,23,27-30,34-36,39-40H,6-20,22,24-26H2,1-5H3,(H,55,56)(H,45,51,54)(H3,43,46,47,53)/p-1/t28?,29-,30-,34?,35?,36?,39-,40-/m1/s1. The Morgan fingerprint density at radius 2 is 1.44 bits per heavy atom. The third-order valence-electron chi connectivity index (χ3n) is 12.2. The van der Waals surface area contributed by atoms with Gasteiger partial charge in [-0.3, -0.25) is 38.1 Å². The minimum Gasteiger partial charge on any atom is -0.756 e. The summed E-state index contributed by atoms with van der Waals surface area (Å²) < 4.78 is 55.8. The third-order valence-corrected chi connectivity index (χ3v) is 13.1. The minimum absolute atomic E-state index is 0.0375. The van der Waals surface area contributed by atoms with Crippen molar-refractivity contribution in [2.45, 2.75) is 153 Å². The van der Waals surface area contributed by atoms with Crippen LogP contribution in [0.2, 0.25) is 0 Å². The minimum atomic E-state index is -4.92. The smallest absolute Gasteiger partial charge is 0.330 e. The lowest BCUT2D eigenvalue weighted by Crippen LogP contribution is -2.46. The monoisotopic (exact) mass is 923 g/mol. The van der Waals surface area contributed by atoms with E-state index in [1.54, 1.807) is 4.90 Å². The highest BCUT2D eigenvalue weighted by Crippen LogP contribution is 2.46. The number of ether oxygens (including phenoxy) is 5. The summed E-state index contributed by atoms with van der Waals surface area (Å²) in [4.78, 5) is 79.7. The predicted molar refractivity (Wildman–Crippen MR) is 234 cm³/mol. The number of aromatic amines is 2. The molecule has 22 heteroatoms. The van der Waals surface area contributed by atoms with E-state index in [-0.39, 0.29) is 49.1 Å². The largest absolute Gasteiger partial charge is 0.756 e. The fraction of sp³-hybridized carbons (Fsp3) is 0.762. The van der Waals surface area contributed by atoms with Crippen LogP contribution in [0.3, 0.4) is 0 Å². The van der Waals surface area contributed by atoms with Gasteiger partial charge in [0.1, 0.15) is 24.4 Å². The lowest BCUT2D eigenvalue weighted by molar-refractivity contribution is -0.231. The number of methoxy groups -OCH3 is 3. The van der Waals surface area contributed by atoms with Crippen LogP contribution in [0.1, 0.15) is 122 Å². The number of H-pyrrole nitrogens is 2. The van der Waals surface area contributed by atoms with Gasteiger partial charge in [-0.15, -0.1) is 0 Å². The van der Waals surface area contributed by atoms with E-state index in [9.17, 15) is 28.6 Å². The predicted octanol–water partition coefficient (Wildman–Crippen LogP) is 3.93.